The molecule has 0 spiro atoms. The van der Waals surface area contributed by atoms with E-state index in [0.29, 0.717) is 0 Å². The SMILES string of the molecule is CCCNC1CCC(N2CCN(C3CC3)CC2)CC1. The number of piperazine rings is 1. The monoisotopic (exact) mass is 265 g/mol. The van der Waals surface area contributed by atoms with Crippen LogP contribution in [-0.2, 0) is 0 Å². The largest absolute Gasteiger partial charge is 0.314 e. The zero-order valence-corrected chi connectivity index (χ0v) is 12.6. The first-order chi connectivity index (χ1) is 9.36. The molecule has 3 rings (SSSR count). The van der Waals surface area contributed by atoms with Crippen LogP contribution in [0.3, 0.4) is 0 Å². The van der Waals surface area contributed by atoms with Crippen LogP contribution >= 0.6 is 0 Å². The number of rotatable bonds is 5. The molecule has 0 atom stereocenters. The molecule has 1 N–H and O–H groups in total. The topological polar surface area (TPSA) is 18.5 Å². The lowest BCUT2D eigenvalue weighted by atomic mass is 9.89. The lowest BCUT2D eigenvalue weighted by molar-refractivity contribution is 0.0706. The van der Waals surface area contributed by atoms with Gasteiger partial charge in [0.25, 0.3) is 0 Å². The van der Waals surface area contributed by atoms with Crippen molar-refractivity contribution in [2.45, 2.75) is 70.0 Å². The van der Waals surface area contributed by atoms with Gasteiger partial charge in [0.15, 0.2) is 0 Å². The minimum Gasteiger partial charge on any atom is -0.314 e. The summed E-state index contributed by atoms with van der Waals surface area (Å²) in [5.41, 5.74) is 0. The van der Waals surface area contributed by atoms with Gasteiger partial charge in [-0.3, -0.25) is 9.80 Å². The van der Waals surface area contributed by atoms with Crippen molar-refractivity contribution in [2.75, 3.05) is 32.7 Å². The van der Waals surface area contributed by atoms with Crippen molar-refractivity contribution in [3.63, 3.8) is 0 Å². The summed E-state index contributed by atoms with van der Waals surface area (Å²) in [6.07, 6.45) is 9.84. The van der Waals surface area contributed by atoms with Gasteiger partial charge in [0.1, 0.15) is 0 Å². The summed E-state index contributed by atoms with van der Waals surface area (Å²) in [5.74, 6) is 0. The van der Waals surface area contributed by atoms with Crippen LogP contribution in [-0.4, -0.2) is 60.6 Å². The second kappa shape index (κ2) is 6.55. The molecule has 0 amide bonds. The van der Waals surface area contributed by atoms with E-state index in [1.807, 2.05) is 0 Å². The van der Waals surface area contributed by atoms with Crippen molar-refractivity contribution in [1.82, 2.24) is 15.1 Å². The smallest absolute Gasteiger partial charge is 0.0113 e. The summed E-state index contributed by atoms with van der Waals surface area (Å²) < 4.78 is 0. The van der Waals surface area contributed by atoms with Crippen LogP contribution in [0.15, 0.2) is 0 Å². The van der Waals surface area contributed by atoms with Gasteiger partial charge in [0.2, 0.25) is 0 Å². The fraction of sp³-hybridized carbons (Fsp3) is 1.00. The molecule has 110 valence electrons. The first-order valence-corrected chi connectivity index (χ1v) is 8.58. The van der Waals surface area contributed by atoms with Crippen molar-refractivity contribution >= 4 is 0 Å². The molecule has 3 heteroatoms. The van der Waals surface area contributed by atoms with Gasteiger partial charge in [-0.25, -0.2) is 0 Å². The van der Waals surface area contributed by atoms with Gasteiger partial charge in [-0.1, -0.05) is 6.92 Å². The van der Waals surface area contributed by atoms with E-state index >= 15 is 0 Å². The number of nitrogens with zero attached hydrogens (tertiary/aromatic N) is 2. The van der Waals surface area contributed by atoms with Crippen LogP contribution in [0.4, 0.5) is 0 Å². The van der Waals surface area contributed by atoms with Gasteiger partial charge < -0.3 is 5.32 Å². The predicted molar refractivity (Wildman–Crippen MR) is 80.5 cm³/mol. The van der Waals surface area contributed by atoms with E-state index in [-0.39, 0.29) is 0 Å². The minimum atomic E-state index is 0.809. The molecule has 0 unspecified atom stereocenters. The molecule has 0 aromatic rings. The van der Waals surface area contributed by atoms with E-state index in [9.17, 15) is 0 Å². The van der Waals surface area contributed by atoms with Gasteiger partial charge in [0, 0.05) is 44.3 Å². The molecule has 0 aromatic heterocycles. The molecule has 3 fully saturated rings. The Morgan fingerprint density at radius 1 is 0.789 bits per heavy atom. The summed E-state index contributed by atoms with van der Waals surface area (Å²) >= 11 is 0. The molecule has 0 radical (unpaired) electrons. The molecule has 3 nitrogen and oxygen atoms in total. The zero-order chi connectivity index (χ0) is 13.1. The molecule has 0 bridgehead atoms. The van der Waals surface area contributed by atoms with Crippen LogP contribution < -0.4 is 5.32 Å². The Bertz CT molecular complexity index is 261. The highest BCUT2D eigenvalue weighted by Gasteiger charge is 2.33. The van der Waals surface area contributed by atoms with Crippen molar-refractivity contribution in [1.29, 1.82) is 0 Å². The van der Waals surface area contributed by atoms with E-state index in [1.54, 1.807) is 0 Å². The van der Waals surface area contributed by atoms with Crippen LogP contribution in [0.5, 0.6) is 0 Å². The van der Waals surface area contributed by atoms with Crippen molar-refractivity contribution in [3.05, 3.63) is 0 Å². The average molecular weight is 265 g/mol. The van der Waals surface area contributed by atoms with Crippen molar-refractivity contribution < 1.29 is 0 Å². The summed E-state index contributed by atoms with van der Waals surface area (Å²) in [4.78, 5) is 5.51. The molecule has 3 aliphatic rings. The maximum atomic E-state index is 3.70. The lowest BCUT2D eigenvalue weighted by Crippen LogP contribution is -2.52. The van der Waals surface area contributed by atoms with E-state index < -0.39 is 0 Å². The Hall–Kier alpha value is -0.120. The highest BCUT2D eigenvalue weighted by atomic mass is 15.3. The average Bonchev–Trinajstić information content (AvgIpc) is 3.31. The van der Waals surface area contributed by atoms with Gasteiger partial charge in [0.05, 0.1) is 0 Å². The molecule has 1 saturated heterocycles. The Kier molecular flexibility index (Phi) is 4.78. The molecule has 2 aliphatic carbocycles. The van der Waals surface area contributed by atoms with Crippen molar-refractivity contribution in [2.24, 2.45) is 0 Å². The lowest BCUT2D eigenvalue weighted by Gasteiger charge is -2.42. The molecule has 1 aliphatic heterocycles. The van der Waals surface area contributed by atoms with Crippen molar-refractivity contribution in [3.8, 4) is 0 Å². The van der Waals surface area contributed by atoms with Gasteiger partial charge in [-0.15, -0.1) is 0 Å². The summed E-state index contributed by atoms with van der Waals surface area (Å²) in [7, 11) is 0. The Labute approximate surface area is 118 Å². The third-order valence-electron chi connectivity index (χ3n) is 5.31. The summed E-state index contributed by atoms with van der Waals surface area (Å²) in [5, 5.41) is 3.70. The normalized spacial score (nSPS) is 34.6. The molecule has 1 heterocycles. The third kappa shape index (κ3) is 3.71. The maximum Gasteiger partial charge on any atom is 0.0113 e. The first-order valence-electron chi connectivity index (χ1n) is 8.58. The van der Waals surface area contributed by atoms with E-state index in [2.05, 4.69) is 22.0 Å². The highest BCUT2D eigenvalue weighted by Crippen LogP contribution is 2.29. The van der Waals surface area contributed by atoms with E-state index in [1.165, 1.54) is 77.7 Å². The second-order valence-corrected chi connectivity index (χ2v) is 6.76. The molecule has 2 saturated carbocycles. The molecule has 0 aromatic carbocycles. The van der Waals surface area contributed by atoms with Gasteiger partial charge in [-0.05, 0) is 51.5 Å². The maximum absolute atomic E-state index is 3.70. The predicted octanol–water partition coefficient (Wildman–Crippen LogP) is 2.08. The van der Waals surface area contributed by atoms with E-state index in [0.717, 1.165) is 18.1 Å². The summed E-state index contributed by atoms with van der Waals surface area (Å²) in [6.45, 7) is 8.78. The number of hydrogen-bond acceptors (Lipinski definition) is 3. The van der Waals surface area contributed by atoms with Crippen LogP contribution in [0.2, 0.25) is 0 Å². The zero-order valence-electron chi connectivity index (χ0n) is 12.6. The van der Waals surface area contributed by atoms with Crippen LogP contribution in [0.25, 0.3) is 0 Å². The van der Waals surface area contributed by atoms with E-state index in [4.69, 9.17) is 0 Å². The van der Waals surface area contributed by atoms with Gasteiger partial charge in [-0.2, -0.15) is 0 Å². The summed E-state index contributed by atoms with van der Waals surface area (Å²) in [6, 6.07) is 2.67. The number of hydrogen-bond donors (Lipinski definition) is 1. The first kappa shape index (κ1) is 13.8. The third-order valence-corrected chi connectivity index (χ3v) is 5.31. The van der Waals surface area contributed by atoms with Gasteiger partial charge >= 0.3 is 0 Å². The quantitative estimate of drug-likeness (QED) is 0.821. The fourth-order valence-corrected chi connectivity index (χ4v) is 3.90. The Balaban J connectivity index is 1.37. The fourth-order valence-electron chi connectivity index (χ4n) is 3.90. The molecular formula is C16H31N3. The molecular weight excluding hydrogens is 234 g/mol. The molecule has 19 heavy (non-hydrogen) atoms. The Morgan fingerprint density at radius 3 is 1.68 bits per heavy atom. The second-order valence-electron chi connectivity index (χ2n) is 6.76. The Morgan fingerprint density at radius 2 is 1.26 bits per heavy atom. The van der Waals surface area contributed by atoms with Crippen LogP contribution in [0, 0.1) is 0 Å². The highest BCUT2D eigenvalue weighted by molar-refractivity contribution is 4.90. The van der Waals surface area contributed by atoms with Crippen LogP contribution in [0.1, 0.15) is 51.9 Å². The number of nitrogens with one attached hydrogen (secondary N) is 1. The minimum absolute atomic E-state index is 0.809. The standard InChI is InChI=1S/C16H31N3/c1-2-9-17-14-3-5-15(6-4-14)18-10-12-19(13-11-18)16-7-8-16/h14-17H,2-13H2,1H3.